The van der Waals surface area contributed by atoms with Gasteiger partial charge in [0.05, 0.1) is 24.7 Å². The van der Waals surface area contributed by atoms with Crippen LogP contribution < -0.4 is 0 Å². The topological polar surface area (TPSA) is 52.6 Å². The molecule has 0 radical (unpaired) electrons. The standard InChI is InChI=1S/C18H18O4S/c1-3-16-6-8-17(9-7-16)14-21-12-13-22-23(19,20)18-10-4-15(2)5-11-18/h1,4-11H,12-14H2,2H3. The van der Waals surface area contributed by atoms with Crippen molar-refractivity contribution < 1.29 is 17.3 Å². The molecule has 0 saturated carbocycles. The van der Waals surface area contributed by atoms with E-state index >= 15 is 0 Å². The molecule has 120 valence electrons. The fourth-order valence-corrected chi connectivity index (χ4v) is 2.76. The lowest BCUT2D eigenvalue weighted by molar-refractivity contribution is 0.0907. The highest BCUT2D eigenvalue weighted by molar-refractivity contribution is 7.86. The Labute approximate surface area is 137 Å². The molecule has 0 saturated heterocycles. The van der Waals surface area contributed by atoms with Crippen molar-refractivity contribution in [3.63, 3.8) is 0 Å². The largest absolute Gasteiger partial charge is 0.374 e. The van der Waals surface area contributed by atoms with Gasteiger partial charge in [-0.3, -0.25) is 4.18 Å². The monoisotopic (exact) mass is 330 g/mol. The Balaban J connectivity index is 1.76. The Morgan fingerprint density at radius 1 is 1.00 bits per heavy atom. The Bertz CT molecular complexity index is 769. The molecule has 4 nitrogen and oxygen atoms in total. The molecule has 0 fully saturated rings. The fraction of sp³-hybridized carbons (Fsp3) is 0.222. The Morgan fingerprint density at radius 2 is 1.65 bits per heavy atom. The number of benzene rings is 2. The minimum absolute atomic E-state index is 0.0291. The van der Waals surface area contributed by atoms with E-state index in [9.17, 15) is 8.42 Å². The molecule has 2 aromatic rings. The molecular formula is C18H18O4S. The molecular weight excluding hydrogens is 312 g/mol. The molecule has 0 heterocycles. The zero-order chi connectivity index (χ0) is 16.7. The third-order valence-corrected chi connectivity index (χ3v) is 4.49. The van der Waals surface area contributed by atoms with E-state index in [4.69, 9.17) is 15.3 Å². The van der Waals surface area contributed by atoms with Crippen LogP contribution in [0.5, 0.6) is 0 Å². The third kappa shape index (κ3) is 5.22. The summed E-state index contributed by atoms with van der Waals surface area (Å²) < 4.78 is 34.3. The quantitative estimate of drug-likeness (QED) is 0.445. The van der Waals surface area contributed by atoms with Crippen molar-refractivity contribution in [2.24, 2.45) is 0 Å². The predicted octanol–water partition coefficient (Wildman–Crippen LogP) is 2.90. The van der Waals surface area contributed by atoms with Crippen molar-refractivity contribution in [3.05, 3.63) is 65.2 Å². The van der Waals surface area contributed by atoms with Crippen LogP contribution in [0.25, 0.3) is 0 Å². The van der Waals surface area contributed by atoms with E-state index in [1.807, 2.05) is 31.2 Å². The molecule has 0 bridgehead atoms. The first-order chi connectivity index (χ1) is 11.0. The third-order valence-electron chi connectivity index (χ3n) is 3.17. The molecule has 23 heavy (non-hydrogen) atoms. The maximum absolute atomic E-state index is 12.0. The SMILES string of the molecule is C#Cc1ccc(COCCOS(=O)(=O)c2ccc(C)cc2)cc1. The molecule has 2 aromatic carbocycles. The first-order valence-electron chi connectivity index (χ1n) is 7.11. The van der Waals surface area contributed by atoms with E-state index in [0.29, 0.717) is 6.61 Å². The predicted molar refractivity (Wildman–Crippen MR) is 88.3 cm³/mol. The van der Waals surface area contributed by atoms with Crippen LogP contribution >= 0.6 is 0 Å². The van der Waals surface area contributed by atoms with Gasteiger partial charge in [-0.05, 0) is 36.8 Å². The molecule has 0 aliphatic carbocycles. The van der Waals surface area contributed by atoms with Crippen LogP contribution in [0.2, 0.25) is 0 Å². The molecule has 5 heteroatoms. The molecule has 0 aliphatic rings. The number of hydrogen-bond donors (Lipinski definition) is 0. The number of ether oxygens (including phenoxy) is 1. The van der Waals surface area contributed by atoms with E-state index in [1.54, 1.807) is 12.1 Å². The summed E-state index contributed by atoms with van der Waals surface area (Å²) in [5.41, 5.74) is 2.76. The van der Waals surface area contributed by atoms with Crippen LogP contribution in [0.3, 0.4) is 0 Å². The summed E-state index contributed by atoms with van der Waals surface area (Å²) in [6, 6.07) is 13.9. The van der Waals surface area contributed by atoms with Crippen molar-refractivity contribution in [3.8, 4) is 12.3 Å². The van der Waals surface area contributed by atoms with Gasteiger partial charge in [-0.1, -0.05) is 35.7 Å². The van der Waals surface area contributed by atoms with Crippen LogP contribution in [0.4, 0.5) is 0 Å². The van der Waals surface area contributed by atoms with E-state index in [1.165, 1.54) is 12.1 Å². The summed E-state index contributed by atoms with van der Waals surface area (Å²) in [5, 5.41) is 0. The molecule has 0 amide bonds. The minimum Gasteiger partial charge on any atom is -0.374 e. The van der Waals surface area contributed by atoms with Gasteiger partial charge in [-0.25, -0.2) is 0 Å². The smallest absolute Gasteiger partial charge is 0.297 e. The van der Waals surface area contributed by atoms with Gasteiger partial charge in [0.25, 0.3) is 10.1 Å². The highest BCUT2D eigenvalue weighted by Crippen LogP contribution is 2.13. The van der Waals surface area contributed by atoms with Gasteiger partial charge in [-0.2, -0.15) is 8.42 Å². The fourth-order valence-electron chi connectivity index (χ4n) is 1.86. The summed E-state index contributed by atoms with van der Waals surface area (Å²) in [6.07, 6.45) is 5.28. The van der Waals surface area contributed by atoms with Crippen LogP contribution in [0.1, 0.15) is 16.7 Å². The summed E-state index contributed by atoms with van der Waals surface area (Å²) >= 11 is 0. The number of hydrogen-bond acceptors (Lipinski definition) is 4. The Morgan fingerprint density at radius 3 is 2.26 bits per heavy atom. The van der Waals surface area contributed by atoms with Crippen molar-refractivity contribution in [1.82, 2.24) is 0 Å². The van der Waals surface area contributed by atoms with Gasteiger partial charge in [0.1, 0.15) is 0 Å². The zero-order valence-electron chi connectivity index (χ0n) is 12.9. The molecule has 0 unspecified atom stereocenters. The Kier molecular flexibility index (Phi) is 5.94. The summed E-state index contributed by atoms with van der Waals surface area (Å²) in [7, 11) is -3.73. The highest BCUT2D eigenvalue weighted by Gasteiger charge is 2.14. The lowest BCUT2D eigenvalue weighted by Crippen LogP contribution is -2.11. The van der Waals surface area contributed by atoms with Crippen molar-refractivity contribution in [1.29, 1.82) is 0 Å². The zero-order valence-corrected chi connectivity index (χ0v) is 13.7. The average Bonchev–Trinajstić information content (AvgIpc) is 2.55. The lowest BCUT2D eigenvalue weighted by Gasteiger charge is -2.07. The van der Waals surface area contributed by atoms with Crippen molar-refractivity contribution in [2.45, 2.75) is 18.4 Å². The Hall–Kier alpha value is -2.13. The van der Waals surface area contributed by atoms with E-state index in [0.717, 1.165) is 16.7 Å². The molecule has 2 rings (SSSR count). The van der Waals surface area contributed by atoms with Gasteiger partial charge >= 0.3 is 0 Å². The molecule has 0 spiro atoms. The molecule has 0 aliphatic heterocycles. The molecule has 0 N–H and O–H groups in total. The number of rotatable bonds is 7. The first-order valence-corrected chi connectivity index (χ1v) is 8.51. The average molecular weight is 330 g/mol. The number of terminal acetylenes is 1. The maximum atomic E-state index is 12.0. The van der Waals surface area contributed by atoms with Crippen molar-refractivity contribution in [2.75, 3.05) is 13.2 Å². The summed E-state index contributed by atoms with van der Waals surface area (Å²) in [6.45, 7) is 2.42. The van der Waals surface area contributed by atoms with Gasteiger partial charge in [-0.15, -0.1) is 6.42 Å². The van der Waals surface area contributed by atoms with Crippen LogP contribution in [0.15, 0.2) is 53.4 Å². The van der Waals surface area contributed by atoms with Crippen LogP contribution in [-0.4, -0.2) is 21.6 Å². The van der Waals surface area contributed by atoms with Crippen molar-refractivity contribution >= 4 is 10.1 Å². The lowest BCUT2D eigenvalue weighted by atomic mass is 10.1. The normalized spacial score (nSPS) is 11.1. The summed E-state index contributed by atoms with van der Waals surface area (Å²) in [4.78, 5) is 0.146. The van der Waals surface area contributed by atoms with Gasteiger partial charge in [0.2, 0.25) is 0 Å². The second-order valence-electron chi connectivity index (χ2n) is 4.98. The summed E-state index contributed by atoms with van der Waals surface area (Å²) in [5.74, 6) is 2.54. The highest BCUT2D eigenvalue weighted by atomic mass is 32.2. The molecule has 0 aromatic heterocycles. The minimum atomic E-state index is -3.73. The van der Waals surface area contributed by atoms with E-state index in [2.05, 4.69) is 5.92 Å². The second kappa shape index (κ2) is 7.93. The second-order valence-corrected chi connectivity index (χ2v) is 6.60. The van der Waals surface area contributed by atoms with Gasteiger partial charge < -0.3 is 4.74 Å². The maximum Gasteiger partial charge on any atom is 0.297 e. The van der Waals surface area contributed by atoms with E-state index < -0.39 is 10.1 Å². The van der Waals surface area contributed by atoms with Crippen LogP contribution in [0, 0.1) is 19.3 Å². The van der Waals surface area contributed by atoms with E-state index in [-0.39, 0.29) is 18.1 Å². The van der Waals surface area contributed by atoms with Gasteiger partial charge in [0, 0.05) is 5.56 Å². The molecule has 0 atom stereocenters. The number of aryl methyl sites for hydroxylation is 1. The first kappa shape index (κ1) is 17.2. The van der Waals surface area contributed by atoms with Gasteiger partial charge in [0.15, 0.2) is 0 Å². The van der Waals surface area contributed by atoms with Crippen LogP contribution in [-0.2, 0) is 25.6 Å².